The van der Waals surface area contributed by atoms with Crippen molar-refractivity contribution in [3.8, 4) is 0 Å². The second-order valence-corrected chi connectivity index (χ2v) is 4.93. The molecule has 0 aromatic heterocycles. The van der Waals surface area contributed by atoms with Gasteiger partial charge in [-0.05, 0) is 25.0 Å². The Bertz CT molecular complexity index is 475. The van der Waals surface area contributed by atoms with Crippen LogP contribution in [-0.4, -0.2) is 29.7 Å². The molecule has 4 nitrogen and oxygen atoms in total. The smallest absolute Gasteiger partial charge is 0.255 e. The number of nitrogens with one attached hydrogen (secondary N) is 1. The predicted octanol–water partition coefficient (Wildman–Crippen LogP) is 2.13. The first-order valence-corrected chi connectivity index (χ1v) is 6.35. The molecule has 0 bridgehead atoms. The standard InChI is InChI=1S/C13H16ClN3O/c14-11-6-2-1-5-10(11)13(18)17-7-3-4-9(8-17)12(15)16/h1-2,5-6,9H,3-4,7-8H2,(H3,15,16). The van der Waals surface area contributed by atoms with Gasteiger partial charge in [-0.2, -0.15) is 0 Å². The zero-order chi connectivity index (χ0) is 13.1. The van der Waals surface area contributed by atoms with Crippen molar-refractivity contribution in [2.24, 2.45) is 11.7 Å². The lowest BCUT2D eigenvalue weighted by atomic mass is 9.96. The van der Waals surface area contributed by atoms with Crippen molar-refractivity contribution in [3.63, 3.8) is 0 Å². The summed E-state index contributed by atoms with van der Waals surface area (Å²) in [5.41, 5.74) is 6.03. The summed E-state index contributed by atoms with van der Waals surface area (Å²) in [7, 11) is 0. The predicted molar refractivity (Wildman–Crippen MR) is 72.0 cm³/mol. The summed E-state index contributed by atoms with van der Waals surface area (Å²) in [6.45, 7) is 1.22. The Hall–Kier alpha value is -1.55. The van der Waals surface area contributed by atoms with E-state index in [0.717, 1.165) is 12.8 Å². The van der Waals surface area contributed by atoms with Crippen LogP contribution in [0.3, 0.4) is 0 Å². The van der Waals surface area contributed by atoms with E-state index in [1.165, 1.54) is 0 Å². The van der Waals surface area contributed by atoms with Gasteiger partial charge in [0.1, 0.15) is 0 Å². The zero-order valence-corrected chi connectivity index (χ0v) is 10.8. The second-order valence-electron chi connectivity index (χ2n) is 4.53. The van der Waals surface area contributed by atoms with Crippen LogP contribution in [0.15, 0.2) is 24.3 Å². The zero-order valence-electron chi connectivity index (χ0n) is 10.0. The summed E-state index contributed by atoms with van der Waals surface area (Å²) >= 11 is 6.02. The molecule has 1 aromatic carbocycles. The lowest BCUT2D eigenvalue weighted by molar-refractivity contribution is 0.0703. The van der Waals surface area contributed by atoms with Gasteiger partial charge in [-0.15, -0.1) is 0 Å². The first-order valence-electron chi connectivity index (χ1n) is 5.97. The van der Waals surface area contributed by atoms with Crippen molar-refractivity contribution in [2.45, 2.75) is 12.8 Å². The molecule has 3 N–H and O–H groups in total. The molecule has 5 heteroatoms. The van der Waals surface area contributed by atoms with Gasteiger partial charge in [0.2, 0.25) is 0 Å². The van der Waals surface area contributed by atoms with Gasteiger partial charge in [0.25, 0.3) is 5.91 Å². The van der Waals surface area contributed by atoms with Crippen LogP contribution in [0.1, 0.15) is 23.2 Å². The fourth-order valence-electron chi connectivity index (χ4n) is 2.22. The molecule has 0 spiro atoms. The highest BCUT2D eigenvalue weighted by Crippen LogP contribution is 2.22. The van der Waals surface area contributed by atoms with Crippen LogP contribution in [-0.2, 0) is 0 Å². The molecule has 2 rings (SSSR count). The molecule has 1 aromatic rings. The summed E-state index contributed by atoms with van der Waals surface area (Å²) in [6.07, 6.45) is 1.75. The van der Waals surface area contributed by atoms with Gasteiger partial charge in [0, 0.05) is 19.0 Å². The molecular weight excluding hydrogens is 250 g/mol. The van der Waals surface area contributed by atoms with E-state index in [4.69, 9.17) is 22.7 Å². The number of benzene rings is 1. The molecule has 0 radical (unpaired) electrons. The fraction of sp³-hybridized carbons (Fsp3) is 0.385. The maximum Gasteiger partial charge on any atom is 0.255 e. The molecule has 0 saturated carbocycles. The number of amidine groups is 1. The van der Waals surface area contributed by atoms with Crippen LogP contribution >= 0.6 is 11.6 Å². The summed E-state index contributed by atoms with van der Waals surface area (Å²) < 4.78 is 0. The normalized spacial score (nSPS) is 19.6. The number of hydrogen-bond acceptors (Lipinski definition) is 2. The van der Waals surface area contributed by atoms with Crippen LogP contribution in [0.2, 0.25) is 5.02 Å². The van der Waals surface area contributed by atoms with Crippen molar-refractivity contribution in [2.75, 3.05) is 13.1 Å². The van der Waals surface area contributed by atoms with Gasteiger partial charge in [-0.25, -0.2) is 0 Å². The Labute approximate surface area is 111 Å². The van der Waals surface area contributed by atoms with Gasteiger partial charge in [-0.3, -0.25) is 10.2 Å². The summed E-state index contributed by atoms with van der Waals surface area (Å²) in [6, 6.07) is 7.03. The monoisotopic (exact) mass is 265 g/mol. The highest BCUT2D eigenvalue weighted by molar-refractivity contribution is 6.33. The van der Waals surface area contributed by atoms with Crippen molar-refractivity contribution in [1.82, 2.24) is 4.90 Å². The van der Waals surface area contributed by atoms with E-state index in [0.29, 0.717) is 23.7 Å². The Balaban J connectivity index is 2.14. The third-order valence-corrected chi connectivity index (χ3v) is 3.58. The maximum absolute atomic E-state index is 12.3. The first-order chi connectivity index (χ1) is 8.59. The van der Waals surface area contributed by atoms with Crippen LogP contribution in [0, 0.1) is 11.3 Å². The highest BCUT2D eigenvalue weighted by atomic mass is 35.5. The first kappa shape index (κ1) is 12.9. The number of nitrogens with two attached hydrogens (primary N) is 1. The number of rotatable bonds is 2. The van der Waals surface area contributed by atoms with Crippen molar-refractivity contribution in [1.29, 1.82) is 5.41 Å². The maximum atomic E-state index is 12.3. The van der Waals surface area contributed by atoms with Gasteiger partial charge >= 0.3 is 0 Å². The highest BCUT2D eigenvalue weighted by Gasteiger charge is 2.26. The lowest BCUT2D eigenvalue weighted by Crippen LogP contribution is -2.44. The van der Waals surface area contributed by atoms with E-state index in [1.807, 2.05) is 0 Å². The molecule has 1 fully saturated rings. The number of piperidine rings is 1. The second kappa shape index (κ2) is 5.40. The largest absolute Gasteiger partial charge is 0.387 e. The van der Waals surface area contributed by atoms with Gasteiger partial charge in [0.15, 0.2) is 0 Å². The molecule has 1 atom stereocenters. The average Bonchev–Trinajstić information content (AvgIpc) is 2.38. The van der Waals surface area contributed by atoms with Crippen LogP contribution in [0.4, 0.5) is 0 Å². The molecule has 1 heterocycles. The molecule has 1 amide bonds. The fourth-order valence-corrected chi connectivity index (χ4v) is 2.44. The molecule has 1 unspecified atom stereocenters. The van der Waals surface area contributed by atoms with E-state index >= 15 is 0 Å². The number of halogens is 1. The number of nitrogens with zero attached hydrogens (tertiary/aromatic N) is 1. The van der Waals surface area contributed by atoms with Crippen LogP contribution in [0.25, 0.3) is 0 Å². The van der Waals surface area contributed by atoms with Gasteiger partial charge in [0.05, 0.1) is 16.4 Å². The molecule has 0 aliphatic carbocycles. The summed E-state index contributed by atoms with van der Waals surface area (Å²) in [5, 5.41) is 7.95. The third-order valence-electron chi connectivity index (χ3n) is 3.25. The number of carbonyl (C=O) groups is 1. The number of carbonyl (C=O) groups excluding carboxylic acids is 1. The molecule has 1 aliphatic rings. The van der Waals surface area contributed by atoms with E-state index < -0.39 is 0 Å². The molecule has 1 aliphatic heterocycles. The summed E-state index contributed by atoms with van der Waals surface area (Å²) in [5.74, 6) is 0.0587. The summed E-state index contributed by atoms with van der Waals surface area (Å²) in [4.78, 5) is 14.1. The Morgan fingerprint density at radius 2 is 2.17 bits per heavy atom. The molecule has 1 saturated heterocycles. The number of hydrogen-bond donors (Lipinski definition) is 2. The number of amides is 1. The minimum absolute atomic E-state index is 0.0230. The molecule has 18 heavy (non-hydrogen) atoms. The van der Waals surface area contributed by atoms with Crippen LogP contribution < -0.4 is 5.73 Å². The Kier molecular flexibility index (Phi) is 3.87. The minimum atomic E-state index is -0.0773. The van der Waals surface area contributed by atoms with E-state index in [-0.39, 0.29) is 17.7 Å². The molecule has 96 valence electrons. The van der Waals surface area contributed by atoms with Gasteiger partial charge < -0.3 is 10.6 Å². The average molecular weight is 266 g/mol. The third kappa shape index (κ3) is 2.64. The Morgan fingerprint density at radius 3 is 2.83 bits per heavy atom. The van der Waals surface area contributed by atoms with Gasteiger partial charge in [-0.1, -0.05) is 23.7 Å². The topological polar surface area (TPSA) is 70.2 Å². The van der Waals surface area contributed by atoms with Crippen molar-refractivity contribution < 1.29 is 4.79 Å². The van der Waals surface area contributed by atoms with E-state index in [9.17, 15) is 4.79 Å². The quantitative estimate of drug-likeness (QED) is 0.635. The van der Waals surface area contributed by atoms with Crippen molar-refractivity contribution >= 4 is 23.3 Å². The van der Waals surface area contributed by atoms with E-state index in [2.05, 4.69) is 0 Å². The number of likely N-dealkylation sites (tertiary alicyclic amines) is 1. The van der Waals surface area contributed by atoms with E-state index in [1.54, 1.807) is 29.2 Å². The Morgan fingerprint density at radius 1 is 1.44 bits per heavy atom. The van der Waals surface area contributed by atoms with Crippen molar-refractivity contribution in [3.05, 3.63) is 34.9 Å². The molecular formula is C13H16ClN3O. The minimum Gasteiger partial charge on any atom is -0.387 e. The van der Waals surface area contributed by atoms with Crippen LogP contribution in [0.5, 0.6) is 0 Å². The lowest BCUT2D eigenvalue weighted by Gasteiger charge is -2.32. The SMILES string of the molecule is N=C(N)C1CCCN(C(=O)c2ccccc2Cl)C1.